The third-order valence-corrected chi connectivity index (χ3v) is 4.79. The molecule has 0 aromatic heterocycles. The van der Waals surface area contributed by atoms with E-state index >= 15 is 0 Å². The molecule has 2 aliphatic rings. The Morgan fingerprint density at radius 1 is 1.30 bits per heavy atom. The SMILES string of the molecule is CCCc1ccc(NC(=O)C2NCC3CCCC32)cc1. The number of anilines is 1. The van der Waals surface area contributed by atoms with Crippen molar-refractivity contribution >= 4 is 11.6 Å². The van der Waals surface area contributed by atoms with E-state index in [1.165, 1.54) is 24.8 Å². The fraction of sp³-hybridized carbons (Fsp3) is 0.588. The van der Waals surface area contributed by atoms with Crippen LogP contribution in [0.25, 0.3) is 0 Å². The van der Waals surface area contributed by atoms with Gasteiger partial charge in [0.15, 0.2) is 0 Å². The highest BCUT2D eigenvalue weighted by atomic mass is 16.2. The summed E-state index contributed by atoms with van der Waals surface area (Å²) in [5.41, 5.74) is 2.25. The van der Waals surface area contributed by atoms with Crippen LogP contribution in [0.15, 0.2) is 24.3 Å². The van der Waals surface area contributed by atoms with Crippen molar-refractivity contribution < 1.29 is 4.79 Å². The second kappa shape index (κ2) is 5.96. The molecule has 1 aliphatic carbocycles. The summed E-state index contributed by atoms with van der Waals surface area (Å²) in [5, 5.41) is 6.46. The smallest absolute Gasteiger partial charge is 0.241 e. The maximum Gasteiger partial charge on any atom is 0.241 e. The normalized spacial score (nSPS) is 28.4. The fourth-order valence-electron chi connectivity index (χ4n) is 3.74. The molecule has 0 spiro atoms. The van der Waals surface area contributed by atoms with Crippen LogP contribution < -0.4 is 10.6 Å². The second-order valence-electron chi connectivity index (χ2n) is 6.18. The topological polar surface area (TPSA) is 41.1 Å². The van der Waals surface area contributed by atoms with Crippen LogP contribution in [0.3, 0.4) is 0 Å². The first-order chi connectivity index (χ1) is 9.78. The fourth-order valence-corrected chi connectivity index (χ4v) is 3.74. The Hall–Kier alpha value is -1.35. The Morgan fingerprint density at radius 3 is 2.85 bits per heavy atom. The predicted octanol–water partition coefficient (Wildman–Crippen LogP) is 2.97. The lowest BCUT2D eigenvalue weighted by Gasteiger charge is -2.17. The lowest BCUT2D eigenvalue weighted by atomic mass is 9.93. The summed E-state index contributed by atoms with van der Waals surface area (Å²) in [6, 6.07) is 8.27. The molecule has 1 saturated heterocycles. The van der Waals surface area contributed by atoms with Gasteiger partial charge in [0.1, 0.15) is 0 Å². The molecule has 3 unspecified atom stereocenters. The van der Waals surface area contributed by atoms with E-state index in [0.29, 0.717) is 5.92 Å². The van der Waals surface area contributed by atoms with Gasteiger partial charge in [-0.15, -0.1) is 0 Å². The van der Waals surface area contributed by atoms with Gasteiger partial charge >= 0.3 is 0 Å². The molecule has 3 rings (SSSR count). The number of amides is 1. The van der Waals surface area contributed by atoms with Crippen molar-refractivity contribution in [2.45, 2.75) is 45.1 Å². The molecule has 3 nitrogen and oxygen atoms in total. The molecular weight excluding hydrogens is 248 g/mol. The molecule has 1 heterocycles. The van der Waals surface area contributed by atoms with Crippen molar-refractivity contribution in [1.29, 1.82) is 0 Å². The molecular formula is C17H24N2O. The van der Waals surface area contributed by atoms with Crippen LogP contribution >= 0.6 is 0 Å². The molecule has 108 valence electrons. The number of nitrogens with one attached hydrogen (secondary N) is 2. The van der Waals surface area contributed by atoms with Crippen LogP contribution in [0.4, 0.5) is 5.69 Å². The first-order valence-electron chi connectivity index (χ1n) is 7.91. The summed E-state index contributed by atoms with van der Waals surface area (Å²) < 4.78 is 0. The molecule has 3 heteroatoms. The maximum absolute atomic E-state index is 12.4. The lowest BCUT2D eigenvalue weighted by Crippen LogP contribution is -2.39. The van der Waals surface area contributed by atoms with E-state index in [-0.39, 0.29) is 11.9 Å². The molecule has 0 radical (unpaired) electrons. The van der Waals surface area contributed by atoms with E-state index in [4.69, 9.17) is 0 Å². The largest absolute Gasteiger partial charge is 0.325 e. The molecule has 1 aromatic carbocycles. The average molecular weight is 272 g/mol. The van der Waals surface area contributed by atoms with Crippen LogP contribution in [-0.4, -0.2) is 18.5 Å². The molecule has 1 aromatic rings. The molecule has 1 amide bonds. The van der Waals surface area contributed by atoms with E-state index in [1.54, 1.807) is 0 Å². The zero-order valence-corrected chi connectivity index (χ0v) is 12.2. The van der Waals surface area contributed by atoms with Gasteiger partial charge in [0.25, 0.3) is 0 Å². The van der Waals surface area contributed by atoms with Gasteiger partial charge in [0.2, 0.25) is 5.91 Å². The summed E-state index contributed by atoms with van der Waals surface area (Å²) >= 11 is 0. The zero-order valence-electron chi connectivity index (χ0n) is 12.2. The highest BCUT2D eigenvalue weighted by molar-refractivity contribution is 5.95. The van der Waals surface area contributed by atoms with Crippen molar-refractivity contribution in [1.82, 2.24) is 5.32 Å². The van der Waals surface area contributed by atoms with Crippen molar-refractivity contribution in [2.24, 2.45) is 11.8 Å². The minimum absolute atomic E-state index is 0.0119. The van der Waals surface area contributed by atoms with Crippen LogP contribution in [-0.2, 0) is 11.2 Å². The quantitative estimate of drug-likeness (QED) is 0.884. The standard InChI is InChI=1S/C17H24N2O/c1-2-4-12-7-9-14(10-8-12)19-17(20)16-15-6-3-5-13(15)11-18-16/h7-10,13,15-16,18H,2-6,11H2,1H3,(H,19,20). The van der Waals surface area contributed by atoms with Crippen LogP contribution in [0.2, 0.25) is 0 Å². The molecule has 2 N–H and O–H groups in total. The summed E-state index contributed by atoms with van der Waals surface area (Å²) in [6.45, 7) is 3.19. The van der Waals surface area contributed by atoms with Gasteiger partial charge in [-0.05, 0) is 55.3 Å². The van der Waals surface area contributed by atoms with E-state index in [2.05, 4.69) is 29.7 Å². The minimum atomic E-state index is 0.0119. The van der Waals surface area contributed by atoms with Gasteiger partial charge in [-0.25, -0.2) is 0 Å². The first-order valence-corrected chi connectivity index (χ1v) is 7.91. The number of carbonyl (C=O) groups excluding carboxylic acids is 1. The number of fused-ring (bicyclic) bond motifs is 1. The molecule has 1 saturated carbocycles. The summed E-state index contributed by atoms with van der Waals surface area (Å²) in [5.74, 6) is 1.41. The van der Waals surface area contributed by atoms with Gasteiger partial charge in [-0.2, -0.15) is 0 Å². The van der Waals surface area contributed by atoms with Gasteiger partial charge in [-0.1, -0.05) is 31.9 Å². The molecule has 2 fully saturated rings. The van der Waals surface area contributed by atoms with Gasteiger partial charge in [0, 0.05) is 5.69 Å². The Labute approximate surface area is 121 Å². The van der Waals surface area contributed by atoms with E-state index in [9.17, 15) is 4.79 Å². The predicted molar refractivity (Wildman–Crippen MR) is 81.7 cm³/mol. The first kappa shape index (κ1) is 13.6. The molecule has 1 aliphatic heterocycles. The Balaban J connectivity index is 1.61. The molecule has 0 bridgehead atoms. The zero-order chi connectivity index (χ0) is 13.9. The molecule has 3 atom stereocenters. The van der Waals surface area contributed by atoms with Gasteiger partial charge < -0.3 is 10.6 Å². The van der Waals surface area contributed by atoms with Gasteiger partial charge in [0.05, 0.1) is 6.04 Å². The summed E-state index contributed by atoms with van der Waals surface area (Å²) in [7, 11) is 0. The minimum Gasteiger partial charge on any atom is -0.325 e. The molecule has 20 heavy (non-hydrogen) atoms. The van der Waals surface area contributed by atoms with E-state index in [1.807, 2.05) is 12.1 Å². The Morgan fingerprint density at radius 2 is 2.10 bits per heavy atom. The summed E-state index contributed by atoms with van der Waals surface area (Å²) in [4.78, 5) is 12.4. The average Bonchev–Trinajstić information content (AvgIpc) is 3.03. The maximum atomic E-state index is 12.4. The van der Waals surface area contributed by atoms with E-state index < -0.39 is 0 Å². The third-order valence-electron chi connectivity index (χ3n) is 4.79. The second-order valence-corrected chi connectivity index (χ2v) is 6.18. The third kappa shape index (κ3) is 2.73. The van der Waals surface area contributed by atoms with Crippen LogP contribution in [0.5, 0.6) is 0 Å². The van der Waals surface area contributed by atoms with Gasteiger partial charge in [-0.3, -0.25) is 4.79 Å². The Kier molecular flexibility index (Phi) is 4.06. The van der Waals surface area contributed by atoms with Crippen molar-refractivity contribution in [2.75, 3.05) is 11.9 Å². The van der Waals surface area contributed by atoms with Crippen LogP contribution in [0, 0.1) is 11.8 Å². The number of aryl methyl sites for hydroxylation is 1. The van der Waals surface area contributed by atoms with Crippen LogP contribution in [0.1, 0.15) is 38.2 Å². The monoisotopic (exact) mass is 272 g/mol. The number of hydrogen-bond acceptors (Lipinski definition) is 2. The van der Waals surface area contributed by atoms with Crippen molar-refractivity contribution in [3.63, 3.8) is 0 Å². The Bertz CT molecular complexity index is 468. The number of carbonyl (C=O) groups is 1. The number of benzene rings is 1. The highest BCUT2D eigenvalue weighted by Gasteiger charge is 2.42. The van der Waals surface area contributed by atoms with E-state index in [0.717, 1.165) is 31.0 Å². The number of hydrogen-bond donors (Lipinski definition) is 2. The lowest BCUT2D eigenvalue weighted by molar-refractivity contribution is -0.118. The van der Waals surface area contributed by atoms with Crippen molar-refractivity contribution in [3.05, 3.63) is 29.8 Å². The van der Waals surface area contributed by atoms with Crippen molar-refractivity contribution in [3.8, 4) is 0 Å². The number of rotatable bonds is 4. The summed E-state index contributed by atoms with van der Waals surface area (Å²) in [6.07, 6.45) is 6.02. The highest BCUT2D eigenvalue weighted by Crippen LogP contribution is 2.37.